The number of amides is 1. The first-order valence-electron chi connectivity index (χ1n) is 7.53. The summed E-state index contributed by atoms with van der Waals surface area (Å²) in [5, 5.41) is 0. The Balaban J connectivity index is 1.74. The SMILES string of the molecule is NCCSC[C@H]1CCCN(C(=O)OCc2ccccc2)C1. The molecule has 1 fully saturated rings. The van der Waals surface area contributed by atoms with E-state index in [0.717, 1.165) is 43.1 Å². The standard InChI is InChI=1S/C16H24N2O2S/c17-8-10-21-13-15-7-4-9-18(11-15)16(19)20-12-14-5-2-1-3-6-14/h1-3,5-6,15H,4,7-13,17H2/t15-/m0/s1. The number of carbonyl (C=O) groups excluding carboxylic acids is 1. The fraction of sp³-hybridized carbons (Fsp3) is 0.562. The second-order valence-electron chi connectivity index (χ2n) is 5.36. The monoisotopic (exact) mass is 308 g/mol. The van der Waals surface area contributed by atoms with Gasteiger partial charge in [0.05, 0.1) is 0 Å². The average Bonchev–Trinajstić information content (AvgIpc) is 2.54. The maximum absolute atomic E-state index is 12.1. The molecule has 1 heterocycles. The number of hydrogen-bond donors (Lipinski definition) is 1. The highest BCUT2D eigenvalue weighted by Gasteiger charge is 2.24. The van der Waals surface area contributed by atoms with E-state index >= 15 is 0 Å². The van der Waals surface area contributed by atoms with Crippen LogP contribution in [0.2, 0.25) is 0 Å². The van der Waals surface area contributed by atoms with Crippen molar-refractivity contribution in [2.75, 3.05) is 31.1 Å². The lowest BCUT2D eigenvalue weighted by molar-refractivity contribution is 0.0815. The zero-order valence-electron chi connectivity index (χ0n) is 12.4. The van der Waals surface area contributed by atoms with Crippen molar-refractivity contribution in [3.05, 3.63) is 35.9 Å². The van der Waals surface area contributed by atoms with E-state index in [4.69, 9.17) is 10.5 Å². The molecule has 0 spiro atoms. The second kappa shape index (κ2) is 8.95. The maximum Gasteiger partial charge on any atom is 0.410 e. The van der Waals surface area contributed by atoms with Gasteiger partial charge < -0.3 is 15.4 Å². The van der Waals surface area contributed by atoms with E-state index in [0.29, 0.717) is 12.5 Å². The van der Waals surface area contributed by atoms with Crippen molar-refractivity contribution in [3.63, 3.8) is 0 Å². The van der Waals surface area contributed by atoms with Gasteiger partial charge in [-0.15, -0.1) is 0 Å². The van der Waals surface area contributed by atoms with Crippen LogP contribution in [0.1, 0.15) is 18.4 Å². The molecule has 116 valence electrons. The number of carbonyl (C=O) groups is 1. The quantitative estimate of drug-likeness (QED) is 0.821. The van der Waals surface area contributed by atoms with Gasteiger partial charge in [-0.25, -0.2) is 4.79 Å². The van der Waals surface area contributed by atoms with E-state index in [-0.39, 0.29) is 6.09 Å². The number of piperidine rings is 1. The number of nitrogens with two attached hydrogens (primary N) is 1. The molecule has 0 radical (unpaired) electrons. The zero-order chi connectivity index (χ0) is 14.9. The summed E-state index contributed by atoms with van der Waals surface area (Å²) in [6.45, 7) is 2.69. The molecule has 1 saturated heterocycles. The third-order valence-corrected chi connectivity index (χ3v) is 4.83. The average molecular weight is 308 g/mol. The summed E-state index contributed by atoms with van der Waals surface area (Å²) < 4.78 is 5.40. The molecule has 1 atom stereocenters. The number of hydrogen-bond acceptors (Lipinski definition) is 4. The van der Waals surface area contributed by atoms with Gasteiger partial charge in [-0.2, -0.15) is 11.8 Å². The Morgan fingerprint density at radius 2 is 2.19 bits per heavy atom. The van der Waals surface area contributed by atoms with Crippen molar-refractivity contribution in [2.24, 2.45) is 11.7 Å². The molecule has 4 nitrogen and oxygen atoms in total. The third-order valence-electron chi connectivity index (χ3n) is 3.60. The first-order valence-corrected chi connectivity index (χ1v) is 8.68. The van der Waals surface area contributed by atoms with Crippen LogP contribution < -0.4 is 5.73 Å². The van der Waals surface area contributed by atoms with Gasteiger partial charge in [0.25, 0.3) is 0 Å². The molecule has 1 aliphatic heterocycles. The molecule has 0 aromatic heterocycles. The molecule has 2 rings (SSSR count). The van der Waals surface area contributed by atoms with E-state index in [9.17, 15) is 4.79 Å². The summed E-state index contributed by atoms with van der Waals surface area (Å²) in [5.41, 5.74) is 6.53. The van der Waals surface area contributed by atoms with Crippen molar-refractivity contribution in [2.45, 2.75) is 19.4 Å². The van der Waals surface area contributed by atoms with Crippen LogP contribution in [0.5, 0.6) is 0 Å². The zero-order valence-corrected chi connectivity index (χ0v) is 13.2. The summed E-state index contributed by atoms with van der Waals surface area (Å²) >= 11 is 1.88. The van der Waals surface area contributed by atoms with Crippen LogP contribution in [-0.4, -0.2) is 42.1 Å². The Hall–Kier alpha value is -1.20. The van der Waals surface area contributed by atoms with Gasteiger partial charge in [0.2, 0.25) is 0 Å². The van der Waals surface area contributed by atoms with Crippen LogP contribution in [-0.2, 0) is 11.3 Å². The molecular formula is C16H24N2O2S. The molecule has 0 unspecified atom stereocenters. The van der Waals surface area contributed by atoms with E-state index in [1.807, 2.05) is 47.0 Å². The number of likely N-dealkylation sites (tertiary alicyclic amines) is 1. The van der Waals surface area contributed by atoms with Crippen molar-refractivity contribution in [1.82, 2.24) is 4.90 Å². The van der Waals surface area contributed by atoms with Crippen LogP contribution in [0, 0.1) is 5.92 Å². The van der Waals surface area contributed by atoms with Crippen LogP contribution in [0.15, 0.2) is 30.3 Å². The van der Waals surface area contributed by atoms with Gasteiger partial charge in [0.15, 0.2) is 0 Å². The smallest absolute Gasteiger partial charge is 0.410 e. The maximum atomic E-state index is 12.1. The molecule has 2 N–H and O–H groups in total. The predicted octanol–water partition coefficient (Wildman–Crippen LogP) is 2.73. The number of ether oxygens (including phenoxy) is 1. The van der Waals surface area contributed by atoms with Gasteiger partial charge in [-0.3, -0.25) is 0 Å². The van der Waals surface area contributed by atoms with Gasteiger partial charge >= 0.3 is 6.09 Å². The van der Waals surface area contributed by atoms with Crippen molar-refractivity contribution >= 4 is 17.9 Å². The largest absolute Gasteiger partial charge is 0.445 e. The molecule has 5 heteroatoms. The van der Waals surface area contributed by atoms with E-state index in [1.54, 1.807) is 0 Å². The predicted molar refractivity (Wildman–Crippen MR) is 87.3 cm³/mol. The Morgan fingerprint density at radius 3 is 2.95 bits per heavy atom. The Morgan fingerprint density at radius 1 is 1.38 bits per heavy atom. The summed E-state index contributed by atoms with van der Waals surface area (Å²) in [6, 6.07) is 9.80. The Kier molecular flexibility index (Phi) is 6.89. The molecule has 0 aliphatic carbocycles. The van der Waals surface area contributed by atoms with Crippen molar-refractivity contribution in [3.8, 4) is 0 Å². The topological polar surface area (TPSA) is 55.6 Å². The van der Waals surface area contributed by atoms with Crippen molar-refractivity contribution < 1.29 is 9.53 Å². The molecule has 1 aromatic rings. The van der Waals surface area contributed by atoms with Crippen LogP contribution in [0.25, 0.3) is 0 Å². The lowest BCUT2D eigenvalue weighted by atomic mass is 10.0. The molecular weight excluding hydrogens is 284 g/mol. The first kappa shape index (κ1) is 16.2. The van der Waals surface area contributed by atoms with Gasteiger partial charge in [-0.05, 0) is 30.1 Å². The molecule has 1 aromatic carbocycles. The molecule has 1 aliphatic rings. The summed E-state index contributed by atoms with van der Waals surface area (Å²) in [6.07, 6.45) is 2.07. The number of rotatable bonds is 6. The van der Waals surface area contributed by atoms with Crippen LogP contribution in [0.4, 0.5) is 4.79 Å². The molecule has 0 bridgehead atoms. The minimum absolute atomic E-state index is 0.188. The van der Waals surface area contributed by atoms with Gasteiger partial charge in [0.1, 0.15) is 6.61 Å². The van der Waals surface area contributed by atoms with Gasteiger partial charge in [-0.1, -0.05) is 30.3 Å². The second-order valence-corrected chi connectivity index (χ2v) is 6.51. The number of thioether (sulfide) groups is 1. The highest BCUT2D eigenvalue weighted by Crippen LogP contribution is 2.21. The normalized spacial score (nSPS) is 18.5. The third kappa shape index (κ3) is 5.59. The lowest BCUT2D eigenvalue weighted by Crippen LogP contribution is -2.40. The van der Waals surface area contributed by atoms with Crippen LogP contribution >= 0.6 is 11.8 Å². The summed E-state index contributed by atoms with van der Waals surface area (Å²) in [4.78, 5) is 14.0. The molecule has 0 saturated carbocycles. The van der Waals surface area contributed by atoms with E-state index in [1.165, 1.54) is 6.42 Å². The number of nitrogens with zero attached hydrogens (tertiary/aromatic N) is 1. The summed E-state index contributed by atoms with van der Waals surface area (Å²) in [7, 11) is 0. The highest BCUT2D eigenvalue weighted by molar-refractivity contribution is 7.99. The fourth-order valence-electron chi connectivity index (χ4n) is 2.51. The first-order chi connectivity index (χ1) is 10.3. The lowest BCUT2D eigenvalue weighted by Gasteiger charge is -2.31. The fourth-order valence-corrected chi connectivity index (χ4v) is 3.45. The molecule has 21 heavy (non-hydrogen) atoms. The number of benzene rings is 1. The highest BCUT2D eigenvalue weighted by atomic mass is 32.2. The van der Waals surface area contributed by atoms with Gasteiger partial charge in [0, 0.05) is 25.4 Å². The Labute approximate surface area is 131 Å². The minimum atomic E-state index is -0.188. The Bertz CT molecular complexity index is 428. The molecule has 1 amide bonds. The van der Waals surface area contributed by atoms with Crippen LogP contribution in [0.3, 0.4) is 0 Å². The van der Waals surface area contributed by atoms with Crippen molar-refractivity contribution in [1.29, 1.82) is 0 Å². The minimum Gasteiger partial charge on any atom is -0.445 e. The van der Waals surface area contributed by atoms with E-state index in [2.05, 4.69) is 0 Å². The van der Waals surface area contributed by atoms with E-state index < -0.39 is 0 Å². The summed E-state index contributed by atoms with van der Waals surface area (Å²) in [5.74, 6) is 2.65.